The van der Waals surface area contributed by atoms with Crippen molar-refractivity contribution in [3.05, 3.63) is 70.8 Å². The fourth-order valence-electron chi connectivity index (χ4n) is 2.70. The second kappa shape index (κ2) is 4.98. The normalized spacial score (nSPS) is 15.0. The number of carbonyl (C=O) groups excluding carboxylic acids is 3. The fourth-order valence-corrected chi connectivity index (χ4v) is 2.70. The van der Waals surface area contributed by atoms with E-state index in [4.69, 9.17) is 0 Å². The van der Waals surface area contributed by atoms with E-state index in [1.807, 2.05) is 0 Å². The molecule has 1 aliphatic heterocycles. The summed E-state index contributed by atoms with van der Waals surface area (Å²) in [4.78, 5) is 37.2. The lowest BCUT2D eigenvalue weighted by Gasteiger charge is -2.23. The fraction of sp³-hybridized carbons (Fsp3) is 0.118. The van der Waals surface area contributed by atoms with Gasteiger partial charge in [-0.15, -0.1) is 0 Å². The number of nitrogens with zero attached hydrogens (tertiary/aromatic N) is 1. The van der Waals surface area contributed by atoms with Gasteiger partial charge in [0, 0.05) is 5.56 Å². The minimum absolute atomic E-state index is 0.316. The average Bonchev–Trinajstić information content (AvgIpc) is 2.78. The zero-order chi connectivity index (χ0) is 15.0. The molecule has 0 radical (unpaired) electrons. The van der Waals surface area contributed by atoms with Crippen molar-refractivity contribution in [2.45, 2.75) is 13.0 Å². The van der Waals surface area contributed by atoms with Crippen LogP contribution in [0.4, 0.5) is 0 Å². The summed E-state index contributed by atoms with van der Waals surface area (Å²) in [6, 6.07) is 13.3. The molecule has 3 rings (SSSR count). The van der Waals surface area contributed by atoms with Crippen molar-refractivity contribution in [1.82, 2.24) is 4.90 Å². The summed E-state index contributed by atoms with van der Waals surface area (Å²) < 4.78 is 0. The monoisotopic (exact) mass is 279 g/mol. The molecule has 0 aromatic heterocycles. The molecule has 1 heterocycles. The molecule has 0 saturated heterocycles. The maximum atomic E-state index is 12.4. The lowest BCUT2D eigenvalue weighted by molar-refractivity contribution is 0.0593. The first-order valence-corrected chi connectivity index (χ1v) is 6.66. The SMILES string of the molecule is CC(c1ccccc1C=O)N1C(=O)c2ccccc2C1=O. The summed E-state index contributed by atoms with van der Waals surface area (Å²) >= 11 is 0. The topological polar surface area (TPSA) is 54.5 Å². The quantitative estimate of drug-likeness (QED) is 0.641. The van der Waals surface area contributed by atoms with E-state index < -0.39 is 6.04 Å². The smallest absolute Gasteiger partial charge is 0.262 e. The van der Waals surface area contributed by atoms with Crippen LogP contribution in [-0.4, -0.2) is 23.0 Å². The molecule has 4 heteroatoms. The van der Waals surface area contributed by atoms with Crippen LogP contribution in [0.3, 0.4) is 0 Å². The van der Waals surface area contributed by atoms with Crippen LogP contribution in [0.2, 0.25) is 0 Å². The molecule has 0 saturated carbocycles. The zero-order valence-electron chi connectivity index (χ0n) is 11.4. The third-order valence-corrected chi connectivity index (χ3v) is 3.79. The summed E-state index contributed by atoms with van der Waals surface area (Å²) in [5, 5.41) is 0. The van der Waals surface area contributed by atoms with E-state index >= 15 is 0 Å². The lowest BCUT2D eigenvalue weighted by Crippen LogP contribution is -2.33. The molecule has 21 heavy (non-hydrogen) atoms. The molecule has 104 valence electrons. The predicted octanol–water partition coefficient (Wildman–Crippen LogP) is 2.86. The third-order valence-electron chi connectivity index (χ3n) is 3.79. The van der Waals surface area contributed by atoms with Gasteiger partial charge in [0.05, 0.1) is 17.2 Å². The maximum Gasteiger partial charge on any atom is 0.262 e. The molecule has 0 fully saturated rings. The number of hydrogen-bond donors (Lipinski definition) is 0. The molecule has 1 aliphatic rings. The van der Waals surface area contributed by atoms with Crippen LogP contribution >= 0.6 is 0 Å². The van der Waals surface area contributed by atoms with Gasteiger partial charge in [-0.05, 0) is 24.6 Å². The van der Waals surface area contributed by atoms with Crippen molar-refractivity contribution >= 4 is 18.1 Å². The average molecular weight is 279 g/mol. The highest BCUT2D eigenvalue weighted by molar-refractivity contribution is 6.21. The van der Waals surface area contributed by atoms with Crippen molar-refractivity contribution in [3.8, 4) is 0 Å². The van der Waals surface area contributed by atoms with Crippen molar-refractivity contribution < 1.29 is 14.4 Å². The van der Waals surface area contributed by atoms with Gasteiger partial charge in [0.1, 0.15) is 6.29 Å². The molecular weight excluding hydrogens is 266 g/mol. The number of fused-ring (bicyclic) bond motifs is 1. The first-order valence-electron chi connectivity index (χ1n) is 6.66. The van der Waals surface area contributed by atoms with Gasteiger partial charge >= 0.3 is 0 Å². The number of amides is 2. The largest absolute Gasteiger partial charge is 0.298 e. The molecule has 1 unspecified atom stereocenters. The number of aldehydes is 1. The highest BCUT2D eigenvalue weighted by Crippen LogP contribution is 2.31. The Morgan fingerprint density at radius 1 is 0.905 bits per heavy atom. The van der Waals surface area contributed by atoms with Gasteiger partial charge in [-0.25, -0.2) is 0 Å². The van der Waals surface area contributed by atoms with Crippen LogP contribution in [0, 0.1) is 0 Å². The van der Waals surface area contributed by atoms with E-state index in [0.717, 1.165) is 6.29 Å². The van der Waals surface area contributed by atoms with Crippen LogP contribution in [0.5, 0.6) is 0 Å². The Labute approximate surface area is 122 Å². The Morgan fingerprint density at radius 3 is 2.00 bits per heavy atom. The second-order valence-corrected chi connectivity index (χ2v) is 4.95. The predicted molar refractivity (Wildman–Crippen MR) is 77.2 cm³/mol. The first-order chi connectivity index (χ1) is 10.1. The Kier molecular flexibility index (Phi) is 3.14. The van der Waals surface area contributed by atoms with Crippen molar-refractivity contribution in [1.29, 1.82) is 0 Å². The molecular formula is C17H13NO3. The highest BCUT2D eigenvalue weighted by atomic mass is 16.2. The van der Waals surface area contributed by atoms with Crippen LogP contribution in [-0.2, 0) is 0 Å². The van der Waals surface area contributed by atoms with E-state index in [1.165, 1.54) is 4.90 Å². The summed E-state index contributed by atoms with van der Waals surface area (Å²) in [6.07, 6.45) is 0.740. The summed E-state index contributed by atoms with van der Waals surface area (Å²) in [7, 11) is 0. The number of benzene rings is 2. The number of rotatable bonds is 3. The lowest BCUT2D eigenvalue weighted by atomic mass is 10.0. The van der Waals surface area contributed by atoms with Crippen molar-refractivity contribution in [2.75, 3.05) is 0 Å². The zero-order valence-corrected chi connectivity index (χ0v) is 11.4. The summed E-state index contributed by atoms with van der Waals surface area (Å²) in [5.74, 6) is -0.632. The van der Waals surface area contributed by atoms with E-state index in [0.29, 0.717) is 22.3 Å². The minimum atomic E-state index is -0.487. The van der Waals surface area contributed by atoms with Crippen LogP contribution in [0.25, 0.3) is 0 Å². The molecule has 2 aromatic rings. The second-order valence-electron chi connectivity index (χ2n) is 4.95. The van der Waals surface area contributed by atoms with E-state index in [1.54, 1.807) is 55.5 Å². The molecule has 0 bridgehead atoms. The molecule has 2 aromatic carbocycles. The summed E-state index contributed by atoms with van der Waals surface area (Å²) in [5.41, 5.74) is 1.99. The van der Waals surface area contributed by atoms with Crippen LogP contribution < -0.4 is 0 Å². The van der Waals surface area contributed by atoms with Gasteiger partial charge in [0.25, 0.3) is 11.8 Å². The van der Waals surface area contributed by atoms with E-state index in [9.17, 15) is 14.4 Å². The van der Waals surface area contributed by atoms with Crippen LogP contribution in [0.15, 0.2) is 48.5 Å². The van der Waals surface area contributed by atoms with Gasteiger partial charge < -0.3 is 0 Å². The van der Waals surface area contributed by atoms with Gasteiger partial charge in [0.2, 0.25) is 0 Å². The third kappa shape index (κ3) is 1.96. The minimum Gasteiger partial charge on any atom is -0.298 e. The molecule has 0 spiro atoms. The Balaban J connectivity index is 2.04. The van der Waals surface area contributed by atoms with Gasteiger partial charge in [0.15, 0.2) is 0 Å². The maximum absolute atomic E-state index is 12.4. The molecule has 0 N–H and O–H groups in total. The molecule has 0 aliphatic carbocycles. The highest BCUT2D eigenvalue weighted by Gasteiger charge is 2.38. The molecule has 1 atom stereocenters. The Morgan fingerprint density at radius 2 is 1.43 bits per heavy atom. The van der Waals surface area contributed by atoms with E-state index in [2.05, 4.69) is 0 Å². The van der Waals surface area contributed by atoms with Gasteiger partial charge in [-0.2, -0.15) is 0 Å². The van der Waals surface area contributed by atoms with Crippen LogP contribution in [0.1, 0.15) is 49.6 Å². The standard InChI is InChI=1S/C17H13NO3/c1-11(13-7-3-2-6-12(13)10-19)18-16(20)14-8-4-5-9-15(14)17(18)21/h2-11H,1H3. The van der Waals surface area contributed by atoms with Gasteiger partial charge in [-0.1, -0.05) is 36.4 Å². The van der Waals surface area contributed by atoms with E-state index in [-0.39, 0.29) is 11.8 Å². The summed E-state index contributed by atoms with van der Waals surface area (Å²) in [6.45, 7) is 1.75. The number of carbonyl (C=O) groups is 3. The molecule has 2 amide bonds. The number of imide groups is 1. The van der Waals surface area contributed by atoms with Crippen molar-refractivity contribution in [2.24, 2.45) is 0 Å². The van der Waals surface area contributed by atoms with Crippen molar-refractivity contribution in [3.63, 3.8) is 0 Å². The van der Waals surface area contributed by atoms with Gasteiger partial charge in [-0.3, -0.25) is 19.3 Å². The Bertz CT molecular complexity index is 716. The first kappa shape index (κ1) is 13.2. The Hall–Kier alpha value is -2.75. The molecule has 4 nitrogen and oxygen atoms in total. The number of hydrogen-bond acceptors (Lipinski definition) is 3.